The van der Waals surface area contributed by atoms with Crippen molar-refractivity contribution in [3.63, 3.8) is 0 Å². The van der Waals surface area contributed by atoms with Gasteiger partial charge in [0.15, 0.2) is 0 Å². The Morgan fingerprint density at radius 1 is 1.15 bits per heavy atom. The van der Waals surface area contributed by atoms with Crippen LogP contribution in [0.15, 0.2) is 24.3 Å². The average Bonchev–Trinajstić information content (AvgIpc) is 3.24. The van der Waals surface area contributed by atoms with E-state index < -0.39 is 0 Å². The zero-order valence-corrected chi connectivity index (χ0v) is 16.1. The zero-order chi connectivity index (χ0) is 18.1. The number of halogens is 1. The first-order chi connectivity index (χ1) is 12.6. The normalized spacial score (nSPS) is 32.1. The SMILES string of the molecule is NC1C2CCC(C2)C1C(=O)NCC1CCN(Cc2ccccc2Cl)CC1. The second-order valence-electron chi connectivity index (χ2n) is 8.49. The molecule has 3 N–H and O–H groups in total. The molecule has 3 fully saturated rings. The van der Waals surface area contributed by atoms with Crippen LogP contribution in [-0.2, 0) is 11.3 Å². The number of nitrogens with zero attached hydrogens (tertiary/aromatic N) is 1. The van der Waals surface area contributed by atoms with Crippen LogP contribution in [0, 0.1) is 23.7 Å². The summed E-state index contributed by atoms with van der Waals surface area (Å²) >= 11 is 6.27. The molecule has 142 valence electrons. The van der Waals surface area contributed by atoms with Gasteiger partial charge in [-0.05, 0) is 74.6 Å². The average molecular weight is 376 g/mol. The zero-order valence-electron chi connectivity index (χ0n) is 15.4. The predicted molar refractivity (Wildman–Crippen MR) is 105 cm³/mol. The molecule has 3 aliphatic rings. The van der Waals surface area contributed by atoms with E-state index in [0.717, 1.165) is 44.0 Å². The molecular weight excluding hydrogens is 346 g/mol. The number of benzene rings is 1. The van der Waals surface area contributed by atoms with Crippen molar-refractivity contribution in [3.05, 3.63) is 34.9 Å². The van der Waals surface area contributed by atoms with Gasteiger partial charge >= 0.3 is 0 Å². The first-order valence-electron chi connectivity index (χ1n) is 10.1. The van der Waals surface area contributed by atoms with Crippen molar-refractivity contribution in [1.82, 2.24) is 10.2 Å². The second-order valence-corrected chi connectivity index (χ2v) is 8.90. The van der Waals surface area contributed by atoms with Gasteiger partial charge < -0.3 is 11.1 Å². The standard InChI is InChI=1S/C21H30ClN3O/c22-18-4-2-1-3-17(18)13-25-9-7-14(8-10-25)12-24-21(26)19-15-5-6-16(11-15)20(19)23/h1-4,14-16,19-20H,5-13,23H2,(H,24,26). The molecule has 2 aliphatic carbocycles. The maximum Gasteiger partial charge on any atom is 0.224 e. The fraction of sp³-hybridized carbons (Fsp3) is 0.667. The lowest BCUT2D eigenvalue weighted by molar-refractivity contribution is -0.127. The van der Waals surface area contributed by atoms with Crippen LogP contribution in [0.5, 0.6) is 0 Å². The molecule has 1 heterocycles. The Kier molecular flexibility index (Phi) is 5.53. The smallest absolute Gasteiger partial charge is 0.224 e. The summed E-state index contributed by atoms with van der Waals surface area (Å²) in [6.07, 6.45) is 5.84. The highest BCUT2D eigenvalue weighted by Gasteiger charge is 2.49. The van der Waals surface area contributed by atoms with Crippen LogP contribution >= 0.6 is 11.6 Å². The molecular formula is C21H30ClN3O. The molecule has 4 unspecified atom stereocenters. The van der Waals surface area contributed by atoms with Crippen LogP contribution in [0.1, 0.15) is 37.7 Å². The molecule has 1 amide bonds. The number of amides is 1. The summed E-state index contributed by atoms with van der Waals surface area (Å²) < 4.78 is 0. The maximum absolute atomic E-state index is 12.6. The minimum atomic E-state index is 0.0639. The van der Waals surface area contributed by atoms with Crippen LogP contribution in [0.4, 0.5) is 0 Å². The number of carbonyl (C=O) groups excluding carboxylic acids is 1. The Hall–Kier alpha value is -1.10. The Labute approximate surface area is 161 Å². The Morgan fingerprint density at radius 3 is 2.58 bits per heavy atom. The first kappa shape index (κ1) is 18.3. The van der Waals surface area contributed by atoms with Gasteiger partial charge in [-0.3, -0.25) is 9.69 Å². The quantitative estimate of drug-likeness (QED) is 0.831. The Bertz CT molecular complexity index is 642. The number of likely N-dealkylation sites (tertiary alicyclic amines) is 1. The molecule has 4 nitrogen and oxygen atoms in total. The van der Waals surface area contributed by atoms with Crippen LogP contribution in [0.3, 0.4) is 0 Å². The fourth-order valence-corrected chi connectivity index (χ4v) is 5.50. The number of nitrogens with one attached hydrogen (secondary N) is 1. The molecule has 0 spiro atoms. The van der Waals surface area contributed by atoms with E-state index in [1.165, 1.54) is 24.8 Å². The lowest BCUT2D eigenvalue weighted by Gasteiger charge is -2.33. The Morgan fingerprint density at radius 2 is 1.88 bits per heavy atom. The summed E-state index contributed by atoms with van der Waals surface area (Å²) in [7, 11) is 0. The van der Waals surface area contributed by atoms with E-state index in [0.29, 0.717) is 17.8 Å². The molecule has 2 saturated carbocycles. The van der Waals surface area contributed by atoms with Gasteiger partial charge in [-0.25, -0.2) is 0 Å². The van der Waals surface area contributed by atoms with Crippen molar-refractivity contribution < 1.29 is 4.79 Å². The number of nitrogens with two attached hydrogens (primary N) is 1. The third-order valence-electron chi connectivity index (χ3n) is 6.91. The van der Waals surface area contributed by atoms with E-state index in [1.54, 1.807) is 0 Å². The molecule has 4 atom stereocenters. The van der Waals surface area contributed by atoms with Gasteiger partial charge in [0, 0.05) is 24.2 Å². The summed E-state index contributed by atoms with van der Waals surface area (Å²) in [5.74, 6) is 1.98. The molecule has 0 radical (unpaired) electrons. The first-order valence-corrected chi connectivity index (χ1v) is 10.5. The highest BCUT2D eigenvalue weighted by atomic mass is 35.5. The van der Waals surface area contributed by atoms with Crippen LogP contribution in [0.2, 0.25) is 5.02 Å². The minimum absolute atomic E-state index is 0.0639. The monoisotopic (exact) mass is 375 g/mol. The van der Waals surface area contributed by atoms with Crippen LogP contribution < -0.4 is 11.1 Å². The minimum Gasteiger partial charge on any atom is -0.356 e. The van der Waals surface area contributed by atoms with Gasteiger partial charge in [0.05, 0.1) is 5.92 Å². The van der Waals surface area contributed by atoms with Crippen LogP contribution in [0.25, 0.3) is 0 Å². The summed E-state index contributed by atoms with van der Waals surface area (Å²) in [5, 5.41) is 4.08. The third-order valence-corrected chi connectivity index (χ3v) is 7.28. The van der Waals surface area contributed by atoms with Crippen molar-refractivity contribution in [3.8, 4) is 0 Å². The molecule has 1 saturated heterocycles. The second kappa shape index (κ2) is 7.87. The topological polar surface area (TPSA) is 58.4 Å². The van der Waals surface area contributed by atoms with E-state index in [4.69, 9.17) is 17.3 Å². The maximum atomic E-state index is 12.6. The molecule has 4 rings (SSSR count). The molecule has 2 bridgehead atoms. The Balaban J connectivity index is 1.21. The van der Waals surface area contributed by atoms with Gasteiger partial charge in [0.1, 0.15) is 0 Å². The molecule has 1 aromatic rings. The number of piperidine rings is 1. The lowest BCUT2D eigenvalue weighted by Crippen LogP contribution is -2.47. The highest BCUT2D eigenvalue weighted by molar-refractivity contribution is 6.31. The van der Waals surface area contributed by atoms with E-state index in [-0.39, 0.29) is 17.9 Å². The van der Waals surface area contributed by atoms with Gasteiger partial charge in [-0.1, -0.05) is 29.8 Å². The van der Waals surface area contributed by atoms with E-state index in [9.17, 15) is 4.79 Å². The van der Waals surface area contributed by atoms with Gasteiger partial charge in [0.25, 0.3) is 0 Å². The van der Waals surface area contributed by atoms with Crippen molar-refractivity contribution in [1.29, 1.82) is 0 Å². The summed E-state index contributed by atoms with van der Waals surface area (Å²) in [4.78, 5) is 15.1. The number of hydrogen-bond acceptors (Lipinski definition) is 3. The number of carbonyl (C=O) groups is 1. The van der Waals surface area contributed by atoms with Crippen molar-refractivity contribution >= 4 is 17.5 Å². The summed E-state index contributed by atoms with van der Waals surface area (Å²) in [5.41, 5.74) is 7.50. The molecule has 5 heteroatoms. The largest absolute Gasteiger partial charge is 0.356 e. The van der Waals surface area contributed by atoms with Crippen molar-refractivity contribution in [2.75, 3.05) is 19.6 Å². The number of hydrogen-bond donors (Lipinski definition) is 2. The molecule has 26 heavy (non-hydrogen) atoms. The fourth-order valence-electron chi connectivity index (χ4n) is 5.30. The third kappa shape index (κ3) is 3.78. The van der Waals surface area contributed by atoms with E-state index >= 15 is 0 Å². The molecule has 1 aliphatic heterocycles. The van der Waals surface area contributed by atoms with Gasteiger partial charge in [-0.2, -0.15) is 0 Å². The highest BCUT2D eigenvalue weighted by Crippen LogP contribution is 2.47. The van der Waals surface area contributed by atoms with Crippen LogP contribution in [-0.4, -0.2) is 36.5 Å². The number of fused-ring (bicyclic) bond motifs is 2. The lowest BCUT2D eigenvalue weighted by atomic mass is 9.84. The summed E-state index contributed by atoms with van der Waals surface area (Å²) in [6.45, 7) is 3.86. The van der Waals surface area contributed by atoms with Crippen molar-refractivity contribution in [2.24, 2.45) is 29.4 Å². The predicted octanol–water partition coefficient (Wildman–Crippen LogP) is 3.04. The van der Waals surface area contributed by atoms with Gasteiger partial charge in [0.2, 0.25) is 5.91 Å². The molecule has 1 aromatic carbocycles. The van der Waals surface area contributed by atoms with E-state index in [2.05, 4.69) is 16.3 Å². The number of rotatable bonds is 5. The molecule has 0 aromatic heterocycles. The van der Waals surface area contributed by atoms with E-state index in [1.807, 2.05) is 18.2 Å². The van der Waals surface area contributed by atoms with Crippen molar-refractivity contribution in [2.45, 2.75) is 44.7 Å². The summed E-state index contributed by atoms with van der Waals surface area (Å²) in [6, 6.07) is 8.17. The van der Waals surface area contributed by atoms with Gasteiger partial charge in [-0.15, -0.1) is 0 Å².